The fourth-order valence-corrected chi connectivity index (χ4v) is 12.5. The van der Waals surface area contributed by atoms with Crippen LogP contribution in [-0.4, -0.2) is 173 Å². The van der Waals surface area contributed by atoms with Gasteiger partial charge in [0, 0.05) is 74.3 Å². The summed E-state index contributed by atoms with van der Waals surface area (Å²) in [6, 6.07) is 9.57. The second-order valence-electron chi connectivity index (χ2n) is 18.9. The van der Waals surface area contributed by atoms with Crippen LogP contribution < -0.4 is 21.3 Å². The Labute approximate surface area is 417 Å². The predicted molar refractivity (Wildman–Crippen MR) is 265 cm³/mol. The molecule has 18 nitrogen and oxygen atoms in total. The van der Waals surface area contributed by atoms with E-state index in [2.05, 4.69) is 50.5 Å². The van der Waals surface area contributed by atoms with Crippen LogP contribution in [-0.2, 0) is 32.3 Å². The van der Waals surface area contributed by atoms with Crippen LogP contribution in [0.3, 0.4) is 0 Å². The highest BCUT2D eigenvalue weighted by atomic mass is 32.2. The van der Waals surface area contributed by atoms with Crippen molar-refractivity contribution in [3.8, 4) is 22.5 Å². The fourth-order valence-electron chi connectivity index (χ4n) is 10.8. The van der Waals surface area contributed by atoms with Crippen molar-refractivity contribution in [2.24, 2.45) is 11.8 Å². The molecule has 0 spiro atoms. The summed E-state index contributed by atoms with van der Waals surface area (Å²) in [5, 5.41) is 29.7. The Morgan fingerprint density at radius 1 is 0.643 bits per heavy atom. The number of nitrogens with zero attached hydrogens (tertiary/aromatic N) is 10. The Morgan fingerprint density at radius 3 is 1.39 bits per heavy atom. The van der Waals surface area contributed by atoms with E-state index in [-0.39, 0.29) is 71.3 Å². The number of rotatable bonds is 21. The number of benzene rings is 2. The first-order valence-electron chi connectivity index (χ1n) is 24.3. The van der Waals surface area contributed by atoms with Gasteiger partial charge in [-0.3, -0.25) is 28.5 Å². The monoisotopic (exact) mass is 1000 g/mol. The van der Waals surface area contributed by atoms with Gasteiger partial charge < -0.3 is 31.1 Å². The third-order valence-electron chi connectivity index (χ3n) is 14.7. The Bertz CT molecular complexity index is 2260. The van der Waals surface area contributed by atoms with Gasteiger partial charge in [-0.05, 0) is 115 Å². The molecule has 8 rings (SSSR count). The van der Waals surface area contributed by atoms with Crippen LogP contribution in [0.25, 0.3) is 22.5 Å². The number of nitrogens with one attached hydrogen (secondary N) is 4. The fraction of sp³-hybridized carbons (Fsp3) is 0.583. The molecule has 22 heteroatoms. The van der Waals surface area contributed by atoms with Gasteiger partial charge in [0.2, 0.25) is 23.6 Å². The number of hydrogen-bond donors (Lipinski definition) is 4. The van der Waals surface area contributed by atoms with Gasteiger partial charge in [-0.15, -0.1) is 10.2 Å². The normalized spacial score (nSPS) is 24.1. The molecule has 378 valence electrons. The van der Waals surface area contributed by atoms with Crippen LogP contribution in [0.15, 0.2) is 60.9 Å². The zero-order valence-corrected chi connectivity index (χ0v) is 42.3. The molecule has 4 saturated heterocycles. The molecule has 0 saturated carbocycles. The highest BCUT2D eigenvalue weighted by molar-refractivity contribution is 7.96. The van der Waals surface area contributed by atoms with E-state index in [9.17, 15) is 28.0 Å². The van der Waals surface area contributed by atoms with Crippen LogP contribution >= 0.6 is 23.9 Å². The number of likely N-dealkylation sites (N-methyl/N-ethyl adjacent to an activating group) is 2. The lowest BCUT2D eigenvalue weighted by Gasteiger charge is -2.33. The first-order chi connectivity index (χ1) is 33.8. The van der Waals surface area contributed by atoms with Gasteiger partial charge in [0.15, 0.2) is 0 Å². The van der Waals surface area contributed by atoms with E-state index in [1.54, 1.807) is 85.5 Å². The van der Waals surface area contributed by atoms with Gasteiger partial charge in [0.1, 0.15) is 35.1 Å². The van der Waals surface area contributed by atoms with Crippen LogP contribution in [0, 0.1) is 23.5 Å². The Kier molecular flexibility index (Phi) is 16.9. The largest absolute Gasteiger partial charge is 0.343 e. The Morgan fingerprint density at radius 2 is 1.03 bits per heavy atom. The topological polar surface area (TPSA) is 191 Å². The van der Waals surface area contributed by atoms with E-state index >= 15 is 0 Å². The maximum Gasteiger partial charge on any atom is 0.245 e. The predicted octanol–water partition coefficient (Wildman–Crippen LogP) is 3.29. The van der Waals surface area contributed by atoms with Gasteiger partial charge in [0.05, 0.1) is 36.6 Å². The Hall–Kier alpha value is -5.00. The summed E-state index contributed by atoms with van der Waals surface area (Å²) in [5.41, 5.74) is 2.78. The summed E-state index contributed by atoms with van der Waals surface area (Å²) in [7, 11) is 3.40. The summed E-state index contributed by atoms with van der Waals surface area (Å²) >= 11 is 3.33. The van der Waals surface area contributed by atoms with Crippen LogP contribution in [0.5, 0.6) is 0 Å². The molecule has 4 N–H and O–H groups in total. The van der Waals surface area contributed by atoms with Crippen molar-refractivity contribution in [1.82, 2.24) is 69.7 Å². The van der Waals surface area contributed by atoms with Gasteiger partial charge in [-0.2, -0.15) is 0 Å². The summed E-state index contributed by atoms with van der Waals surface area (Å²) in [6.45, 7) is 7.10. The summed E-state index contributed by atoms with van der Waals surface area (Å²) in [5.74, 6) is -1.45. The number of fused-ring (bicyclic) bond motifs is 2. The Balaban J connectivity index is 0.956. The molecular formula is C48H66F2N14O4S2. The summed E-state index contributed by atoms with van der Waals surface area (Å²) in [6.07, 6.45) is 11.1. The minimum absolute atomic E-state index is 0.0254. The minimum atomic E-state index is -0.813. The number of unbranched alkanes of at least 4 members (excludes halogenated alkanes) is 1. The molecule has 10 atom stereocenters. The zero-order chi connectivity index (χ0) is 49.6. The average molecular weight is 1010 g/mol. The smallest absolute Gasteiger partial charge is 0.245 e. The molecule has 2 aromatic heterocycles. The van der Waals surface area contributed by atoms with Crippen molar-refractivity contribution in [1.29, 1.82) is 0 Å². The number of carbonyl (C=O) groups excluding carboxylic acids is 4. The maximum atomic E-state index is 14.9. The van der Waals surface area contributed by atoms with E-state index in [0.29, 0.717) is 63.3 Å². The molecule has 4 aliphatic rings. The molecule has 4 amide bonds. The average Bonchev–Trinajstić information content (AvgIpc) is 4.24. The van der Waals surface area contributed by atoms with E-state index in [0.717, 1.165) is 37.1 Å². The molecule has 0 bridgehead atoms. The second-order valence-corrected chi connectivity index (χ2v) is 20.6. The third-order valence-corrected chi connectivity index (χ3v) is 16.5. The van der Waals surface area contributed by atoms with Gasteiger partial charge >= 0.3 is 0 Å². The third kappa shape index (κ3) is 11.4. The highest BCUT2D eigenvalue weighted by Crippen LogP contribution is 2.41. The molecule has 4 aliphatic heterocycles. The molecule has 2 aromatic carbocycles. The van der Waals surface area contributed by atoms with Crippen molar-refractivity contribution >= 4 is 47.5 Å². The van der Waals surface area contributed by atoms with E-state index in [1.165, 1.54) is 24.3 Å². The number of halogens is 2. The molecule has 4 fully saturated rings. The van der Waals surface area contributed by atoms with Gasteiger partial charge in [-0.1, -0.05) is 47.2 Å². The van der Waals surface area contributed by atoms with E-state index in [4.69, 9.17) is 0 Å². The molecular weight excluding hydrogens is 939 g/mol. The van der Waals surface area contributed by atoms with Gasteiger partial charge in [0.25, 0.3) is 0 Å². The minimum Gasteiger partial charge on any atom is -0.343 e. The van der Waals surface area contributed by atoms with Crippen molar-refractivity contribution < 1.29 is 28.0 Å². The number of likely N-dealkylation sites (tertiary alicyclic amines) is 2. The number of hydrogen-bond acceptors (Lipinski definition) is 14. The summed E-state index contributed by atoms with van der Waals surface area (Å²) < 4.78 is 35.6. The molecule has 70 heavy (non-hydrogen) atoms. The quantitative estimate of drug-likeness (QED) is 0.0703. The van der Waals surface area contributed by atoms with Crippen LogP contribution in [0.4, 0.5) is 8.78 Å². The van der Waals surface area contributed by atoms with Crippen LogP contribution in [0.1, 0.15) is 52.4 Å². The first kappa shape index (κ1) is 51.4. The van der Waals surface area contributed by atoms with Crippen molar-refractivity contribution in [3.05, 3.63) is 72.6 Å². The molecule has 0 radical (unpaired) electrons. The van der Waals surface area contributed by atoms with Crippen molar-refractivity contribution in [2.75, 3.05) is 52.8 Å². The highest BCUT2D eigenvalue weighted by Gasteiger charge is 2.53. The van der Waals surface area contributed by atoms with E-state index in [1.807, 2.05) is 34.7 Å². The van der Waals surface area contributed by atoms with Crippen molar-refractivity contribution in [2.45, 2.75) is 114 Å². The van der Waals surface area contributed by atoms with E-state index < -0.39 is 24.2 Å². The van der Waals surface area contributed by atoms with Crippen molar-refractivity contribution in [3.63, 3.8) is 0 Å². The number of carbonyl (C=O) groups is 4. The maximum absolute atomic E-state index is 14.9. The SMILES string of the molecule is CN[C@@H](C)C(=O)NC(CCCCC(NC(=O)[C@H](C)NC)C(=O)N1CCC2C1[C@@H](Cn1cc(-c3ccc(F)cc3)nn1)CN2SC)C(=O)N1CCC2C1[C@@H](Cn1cc(-c3ccc(F)cc3)nn1)CN2SC. The zero-order valence-electron chi connectivity index (χ0n) is 40.7. The lowest BCUT2D eigenvalue weighted by molar-refractivity contribution is -0.139. The first-order valence-corrected chi connectivity index (χ1v) is 26.7. The van der Waals surface area contributed by atoms with Crippen LogP contribution in [0.2, 0.25) is 0 Å². The second kappa shape index (κ2) is 23.0. The lowest BCUT2D eigenvalue weighted by atomic mass is 9.97. The number of aromatic nitrogens is 6. The standard InChI is InChI=1S/C48H66F2N14O4S2/c1-29(51-3)45(65)53-37(47(67)61-21-19-41-43(61)33(25-63(41)69-5)23-59-27-39(55-57-59)31-11-15-35(49)16-12-31)9-7-8-10-38(54-46(66)30(2)52-4)48(68)62-22-20-42-44(62)34(26-64(42)70-6)24-60-28-40(56-58-60)32-13-17-36(50)18-14-32/h11-18,27-30,33-34,37-38,41-44,51-52H,7-10,19-26H2,1-6H3,(H,53,65)(H,54,66)/t29-,30-,33-,34-,37?,38?,41?,42?,43?,44?/m0/s1. The number of amides is 4. The molecule has 4 aromatic rings. The molecule has 6 heterocycles. The van der Waals surface area contributed by atoms with Gasteiger partial charge in [-0.25, -0.2) is 17.4 Å². The summed E-state index contributed by atoms with van der Waals surface area (Å²) in [4.78, 5) is 60.6. The molecule has 0 aliphatic carbocycles. The lowest BCUT2D eigenvalue weighted by Crippen LogP contribution is -2.55. The molecule has 6 unspecified atom stereocenters.